The highest BCUT2D eigenvalue weighted by Crippen LogP contribution is 2.34. The fourth-order valence-electron chi connectivity index (χ4n) is 2.83. The summed E-state index contributed by atoms with van der Waals surface area (Å²) in [6, 6.07) is 12.1. The van der Waals surface area contributed by atoms with Gasteiger partial charge in [-0.15, -0.1) is 0 Å². The lowest BCUT2D eigenvalue weighted by Crippen LogP contribution is -2.32. The molecule has 2 aromatic rings. The van der Waals surface area contributed by atoms with E-state index in [2.05, 4.69) is 10.6 Å². The standard InChI is InChI=1S/C20H21N3O5/c1-13(24)21-15-4-3-5-17(10-15)23(14(2)25)9-8-20(26)22-16-6-7-18-19(11-16)28-12-27-18/h3-7,10-11H,8-9,12H2,1-2H3,(H,21,24)(H,22,26). The van der Waals surface area contributed by atoms with Crippen LogP contribution < -0.4 is 25.0 Å². The maximum Gasteiger partial charge on any atom is 0.231 e. The summed E-state index contributed by atoms with van der Waals surface area (Å²) in [5.74, 6) is 0.589. The number of hydrogen-bond acceptors (Lipinski definition) is 5. The van der Waals surface area contributed by atoms with Gasteiger partial charge in [0.1, 0.15) is 0 Å². The van der Waals surface area contributed by atoms with Crippen molar-refractivity contribution >= 4 is 34.8 Å². The quantitative estimate of drug-likeness (QED) is 0.799. The van der Waals surface area contributed by atoms with Gasteiger partial charge in [0.15, 0.2) is 11.5 Å². The molecule has 0 atom stereocenters. The second kappa shape index (κ2) is 8.43. The van der Waals surface area contributed by atoms with E-state index in [0.717, 1.165) is 0 Å². The molecule has 0 aromatic heterocycles. The van der Waals surface area contributed by atoms with Crippen LogP contribution >= 0.6 is 0 Å². The minimum atomic E-state index is -0.233. The molecule has 0 saturated heterocycles. The molecule has 0 spiro atoms. The number of carbonyl (C=O) groups excluding carboxylic acids is 3. The molecular weight excluding hydrogens is 362 g/mol. The van der Waals surface area contributed by atoms with E-state index in [-0.39, 0.29) is 37.5 Å². The lowest BCUT2D eigenvalue weighted by molar-refractivity contribution is -0.117. The van der Waals surface area contributed by atoms with Crippen molar-refractivity contribution in [3.8, 4) is 11.5 Å². The first kappa shape index (κ1) is 19.2. The second-order valence-corrected chi connectivity index (χ2v) is 6.27. The van der Waals surface area contributed by atoms with Crippen LogP contribution in [0.5, 0.6) is 11.5 Å². The minimum Gasteiger partial charge on any atom is -0.454 e. The van der Waals surface area contributed by atoms with Crippen molar-refractivity contribution in [3.63, 3.8) is 0 Å². The number of benzene rings is 2. The third-order valence-electron chi connectivity index (χ3n) is 4.08. The highest BCUT2D eigenvalue weighted by molar-refractivity contribution is 5.96. The van der Waals surface area contributed by atoms with Gasteiger partial charge < -0.3 is 25.0 Å². The fraction of sp³-hybridized carbons (Fsp3) is 0.250. The number of rotatable bonds is 6. The molecular formula is C20H21N3O5. The molecule has 0 fully saturated rings. The number of anilines is 3. The van der Waals surface area contributed by atoms with Crippen molar-refractivity contribution in [3.05, 3.63) is 42.5 Å². The maximum atomic E-state index is 12.3. The summed E-state index contributed by atoms with van der Waals surface area (Å²) in [7, 11) is 0. The van der Waals surface area contributed by atoms with Crippen LogP contribution in [0.25, 0.3) is 0 Å². The van der Waals surface area contributed by atoms with Crippen LogP contribution in [-0.4, -0.2) is 31.1 Å². The Hall–Kier alpha value is -3.55. The van der Waals surface area contributed by atoms with E-state index in [1.54, 1.807) is 42.5 Å². The van der Waals surface area contributed by atoms with Gasteiger partial charge >= 0.3 is 0 Å². The van der Waals surface area contributed by atoms with Gasteiger partial charge in [-0.3, -0.25) is 14.4 Å². The zero-order valence-electron chi connectivity index (χ0n) is 15.7. The number of amides is 3. The topological polar surface area (TPSA) is 97.0 Å². The number of ether oxygens (including phenoxy) is 2. The van der Waals surface area contributed by atoms with Crippen LogP contribution in [0.1, 0.15) is 20.3 Å². The second-order valence-electron chi connectivity index (χ2n) is 6.27. The molecule has 0 radical (unpaired) electrons. The molecule has 1 heterocycles. The number of nitrogens with zero attached hydrogens (tertiary/aromatic N) is 1. The highest BCUT2D eigenvalue weighted by Gasteiger charge is 2.16. The van der Waals surface area contributed by atoms with E-state index in [4.69, 9.17) is 9.47 Å². The predicted molar refractivity (Wildman–Crippen MR) is 105 cm³/mol. The zero-order chi connectivity index (χ0) is 20.1. The Bertz CT molecular complexity index is 912. The molecule has 8 nitrogen and oxygen atoms in total. The number of nitrogens with one attached hydrogen (secondary N) is 2. The summed E-state index contributed by atoms with van der Waals surface area (Å²) in [6.45, 7) is 3.21. The average molecular weight is 383 g/mol. The third-order valence-corrected chi connectivity index (χ3v) is 4.08. The largest absolute Gasteiger partial charge is 0.454 e. The summed E-state index contributed by atoms with van der Waals surface area (Å²) < 4.78 is 10.5. The summed E-state index contributed by atoms with van der Waals surface area (Å²) in [4.78, 5) is 37.1. The molecule has 28 heavy (non-hydrogen) atoms. The van der Waals surface area contributed by atoms with Gasteiger partial charge in [0.25, 0.3) is 0 Å². The monoisotopic (exact) mass is 383 g/mol. The third kappa shape index (κ3) is 4.79. The van der Waals surface area contributed by atoms with Crippen LogP contribution in [-0.2, 0) is 14.4 Å². The normalized spacial score (nSPS) is 11.6. The number of fused-ring (bicyclic) bond motifs is 1. The zero-order valence-corrected chi connectivity index (χ0v) is 15.7. The summed E-state index contributed by atoms with van der Waals surface area (Å²) in [6.07, 6.45) is 0.110. The average Bonchev–Trinajstić information content (AvgIpc) is 3.09. The molecule has 2 N–H and O–H groups in total. The molecule has 0 aliphatic carbocycles. The first-order chi connectivity index (χ1) is 13.4. The molecule has 0 bridgehead atoms. The summed E-state index contributed by atoms with van der Waals surface area (Å²) >= 11 is 0. The van der Waals surface area contributed by atoms with Crippen molar-refractivity contribution in [2.45, 2.75) is 20.3 Å². The van der Waals surface area contributed by atoms with Crippen LogP contribution in [0, 0.1) is 0 Å². The van der Waals surface area contributed by atoms with E-state index >= 15 is 0 Å². The lowest BCUT2D eigenvalue weighted by Gasteiger charge is -2.21. The first-order valence-electron chi connectivity index (χ1n) is 8.77. The van der Waals surface area contributed by atoms with Gasteiger partial charge in [-0.05, 0) is 30.3 Å². The molecule has 1 aliphatic heterocycles. The summed E-state index contributed by atoms with van der Waals surface area (Å²) in [5, 5.41) is 5.46. The van der Waals surface area contributed by atoms with Crippen molar-refractivity contribution in [2.75, 3.05) is 28.9 Å². The van der Waals surface area contributed by atoms with Gasteiger partial charge in [0.05, 0.1) is 0 Å². The van der Waals surface area contributed by atoms with Crippen LogP contribution in [0.2, 0.25) is 0 Å². The smallest absolute Gasteiger partial charge is 0.231 e. The highest BCUT2D eigenvalue weighted by atomic mass is 16.7. The Morgan fingerprint density at radius 3 is 2.46 bits per heavy atom. The Balaban J connectivity index is 1.62. The molecule has 146 valence electrons. The molecule has 3 rings (SSSR count). The van der Waals surface area contributed by atoms with Gasteiger partial charge in [-0.2, -0.15) is 0 Å². The van der Waals surface area contributed by atoms with Gasteiger partial charge in [-0.25, -0.2) is 0 Å². The molecule has 3 amide bonds. The van der Waals surface area contributed by atoms with Gasteiger partial charge in [0.2, 0.25) is 24.5 Å². The van der Waals surface area contributed by atoms with E-state index in [1.165, 1.54) is 18.7 Å². The van der Waals surface area contributed by atoms with E-state index in [0.29, 0.717) is 28.6 Å². The van der Waals surface area contributed by atoms with Crippen molar-refractivity contribution < 1.29 is 23.9 Å². The minimum absolute atomic E-state index is 0.110. The predicted octanol–water partition coefficient (Wildman–Crippen LogP) is 2.76. The lowest BCUT2D eigenvalue weighted by atomic mass is 10.2. The van der Waals surface area contributed by atoms with E-state index < -0.39 is 0 Å². The van der Waals surface area contributed by atoms with Gasteiger partial charge in [-0.1, -0.05) is 6.07 Å². The number of hydrogen-bond donors (Lipinski definition) is 2. The van der Waals surface area contributed by atoms with Crippen molar-refractivity contribution in [2.24, 2.45) is 0 Å². The Morgan fingerprint density at radius 1 is 0.964 bits per heavy atom. The Kier molecular flexibility index (Phi) is 5.78. The van der Waals surface area contributed by atoms with Crippen LogP contribution in [0.15, 0.2) is 42.5 Å². The Labute approximate surface area is 162 Å². The fourth-order valence-corrected chi connectivity index (χ4v) is 2.83. The number of carbonyl (C=O) groups is 3. The molecule has 8 heteroatoms. The molecule has 0 saturated carbocycles. The van der Waals surface area contributed by atoms with Crippen LogP contribution in [0.3, 0.4) is 0 Å². The SMILES string of the molecule is CC(=O)Nc1cccc(N(CCC(=O)Nc2ccc3c(c2)OCO3)C(C)=O)c1. The summed E-state index contributed by atoms with van der Waals surface area (Å²) in [5.41, 5.74) is 1.78. The van der Waals surface area contributed by atoms with E-state index in [1.807, 2.05) is 0 Å². The molecule has 1 aliphatic rings. The molecule has 0 unspecified atom stereocenters. The van der Waals surface area contributed by atoms with Crippen molar-refractivity contribution in [1.29, 1.82) is 0 Å². The maximum absolute atomic E-state index is 12.3. The first-order valence-corrected chi connectivity index (χ1v) is 8.77. The van der Waals surface area contributed by atoms with Crippen molar-refractivity contribution in [1.82, 2.24) is 0 Å². The van der Waals surface area contributed by atoms with Crippen LogP contribution in [0.4, 0.5) is 17.1 Å². The Morgan fingerprint density at radius 2 is 1.71 bits per heavy atom. The van der Waals surface area contributed by atoms with Gasteiger partial charge in [0, 0.05) is 49.9 Å². The molecule has 2 aromatic carbocycles. The van der Waals surface area contributed by atoms with E-state index in [9.17, 15) is 14.4 Å².